The van der Waals surface area contributed by atoms with Crippen LogP contribution in [0.25, 0.3) is 0 Å². The van der Waals surface area contributed by atoms with E-state index in [1.165, 1.54) is 54.5 Å². The minimum absolute atomic E-state index is 0.00498. The van der Waals surface area contributed by atoms with Crippen LogP contribution >= 0.6 is 45.7 Å². The van der Waals surface area contributed by atoms with E-state index >= 15 is 0 Å². The van der Waals surface area contributed by atoms with E-state index in [0.29, 0.717) is 0 Å². The summed E-state index contributed by atoms with van der Waals surface area (Å²) in [5.41, 5.74) is -0.603. The lowest BCUT2D eigenvalue weighted by molar-refractivity contribution is -0.128. The maximum absolute atomic E-state index is 12.8. The highest BCUT2D eigenvalue weighted by atomic mass is 127. The van der Waals surface area contributed by atoms with Gasteiger partial charge in [0.2, 0.25) is 0 Å². The van der Waals surface area contributed by atoms with Crippen LogP contribution < -0.4 is 0 Å². The number of carbonyl (C=O) groups is 2. The second kappa shape index (κ2) is 12.7. The van der Waals surface area contributed by atoms with Crippen LogP contribution in [0.2, 0.25) is 0 Å². The van der Waals surface area contributed by atoms with Gasteiger partial charge in [-0.1, -0.05) is 90.9 Å². The second-order valence-corrected chi connectivity index (χ2v) is 9.15. The smallest absolute Gasteiger partial charge is 0.271 e. The number of hydrogen-bond acceptors (Lipinski definition) is 2. The van der Waals surface area contributed by atoms with Gasteiger partial charge in [-0.05, 0) is 12.8 Å². The summed E-state index contributed by atoms with van der Waals surface area (Å²) in [6.07, 6.45) is 16.1. The maximum Gasteiger partial charge on any atom is 0.345 e. The largest absolute Gasteiger partial charge is 0.345 e. The van der Waals surface area contributed by atoms with Gasteiger partial charge < -0.3 is 0 Å². The number of carbonyl (C=O) groups excluding carboxylic acids is 2. The Labute approximate surface area is 181 Å². The van der Waals surface area contributed by atoms with Gasteiger partial charge in [-0.3, -0.25) is 4.79 Å². The molecule has 0 aromatic carbocycles. The number of unbranched alkanes of at least 4 members (excludes halogenated alkanes) is 10. The minimum Gasteiger partial charge on any atom is -0.271 e. The van der Waals surface area contributed by atoms with Crippen molar-refractivity contribution in [1.29, 1.82) is 0 Å². The van der Waals surface area contributed by atoms with E-state index in [0.717, 1.165) is 38.5 Å². The summed E-state index contributed by atoms with van der Waals surface area (Å²) in [7, 11) is 0. The first-order valence-corrected chi connectivity index (χ1v) is 11.9. The maximum atomic E-state index is 12.8. The molecule has 1 heterocycles. The van der Waals surface area contributed by atoms with E-state index in [9.17, 15) is 9.59 Å². The number of rotatable bonds is 14. The van der Waals surface area contributed by atoms with Gasteiger partial charge in [0, 0.05) is 0 Å². The lowest BCUT2D eigenvalue weighted by atomic mass is 9.86. The predicted molar refractivity (Wildman–Crippen MR) is 121 cm³/mol. The molecule has 0 spiro atoms. The van der Waals surface area contributed by atoms with Crippen LogP contribution in [0.3, 0.4) is 0 Å². The third-order valence-electron chi connectivity index (χ3n) is 5.18. The summed E-state index contributed by atoms with van der Waals surface area (Å²) in [5.74, 6) is -0.00498. The lowest BCUT2D eigenvalue weighted by Crippen LogP contribution is -2.44. The summed E-state index contributed by atoms with van der Waals surface area (Å²) < 4.78 is 2.98. The summed E-state index contributed by atoms with van der Waals surface area (Å²) in [4.78, 5) is 25.1. The van der Waals surface area contributed by atoms with Gasteiger partial charge in [0.25, 0.3) is 5.91 Å². The lowest BCUT2D eigenvalue weighted by Gasteiger charge is -2.31. The van der Waals surface area contributed by atoms with Crippen LogP contribution in [0.5, 0.6) is 0 Å². The first-order valence-electron chi connectivity index (χ1n) is 10.0. The third kappa shape index (κ3) is 6.81. The molecule has 0 aliphatic carbocycles. The van der Waals surface area contributed by atoms with Crippen LogP contribution in [0.1, 0.15) is 104 Å². The van der Waals surface area contributed by atoms with Crippen LogP contribution in [-0.2, 0) is 4.79 Å². The van der Waals surface area contributed by atoms with Crippen LogP contribution in [0, 0.1) is 0 Å². The van der Waals surface area contributed by atoms with Gasteiger partial charge in [0.1, 0.15) is 5.54 Å². The van der Waals surface area contributed by atoms with Crippen molar-refractivity contribution >= 4 is 57.7 Å². The standard InChI is InChI=1S/C19H34I2N2O2/c1-3-5-7-9-11-13-15-19(16-14-12-10-8-6-4-2)17(24)22(20)18(25)23(19)21/h3-16H2,1-2H3. The molecule has 0 unspecified atom stereocenters. The number of urea groups is 1. The molecule has 0 aromatic rings. The Kier molecular flexibility index (Phi) is 11.9. The third-order valence-corrected chi connectivity index (χ3v) is 7.36. The van der Waals surface area contributed by atoms with E-state index in [1.54, 1.807) is 3.11 Å². The van der Waals surface area contributed by atoms with E-state index in [2.05, 4.69) is 36.7 Å². The molecular weight excluding hydrogens is 542 g/mol. The number of halogens is 2. The highest BCUT2D eigenvalue weighted by molar-refractivity contribution is 14.1. The summed E-state index contributed by atoms with van der Waals surface area (Å²) >= 11 is 3.94. The zero-order valence-corrected chi connectivity index (χ0v) is 20.2. The quantitative estimate of drug-likeness (QED) is 0.0951. The molecule has 1 aliphatic heterocycles. The fraction of sp³-hybridized carbons (Fsp3) is 0.895. The normalized spacial score (nSPS) is 17.0. The first-order chi connectivity index (χ1) is 12.0. The minimum atomic E-state index is -0.603. The summed E-state index contributed by atoms with van der Waals surface area (Å²) in [6.45, 7) is 4.45. The van der Waals surface area contributed by atoms with Gasteiger partial charge in [-0.15, -0.1) is 0 Å². The molecule has 3 amide bonds. The van der Waals surface area contributed by atoms with Crippen molar-refractivity contribution in [2.45, 2.75) is 109 Å². The molecule has 1 aliphatic rings. The highest BCUT2D eigenvalue weighted by Crippen LogP contribution is 2.41. The summed E-state index contributed by atoms with van der Waals surface area (Å²) in [6, 6.07) is -0.164. The van der Waals surface area contributed by atoms with Crippen molar-refractivity contribution in [3.63, 3.8) is 0 Å². The molecule has 0 saturated carbocycles. The number of amides is 3. The second-order valence-electron chi connectivity index (χ2n) is 7.22. The molecule has 1 fully saturated rings. The number of hydrogen-bond donors (Lipinski definition) is 0. The Morgan fingerprint density at radius 3 is 1.48 bits per heavy atom. The molecular formula is C19H34I2N2O2. The highest BCUT2D eigenvalue weighted by Gasteiger charge is 2.55. The molecule has 25 heavy (non-hydrogen) atoms. The van der Waals surface area contributed by atoms with Crippen LogP contribution in [-0.4, -0.2) is 23.7 Å². The van der Waals surface area contributed by atoms with Crippen molar-refractivity contribution < 1.29 is 9.59 Å². The Balaban J connectivity index is 2.56. The molecule has 4 nitrogen and oxygen atoms in total. The van der Waals surface area contributed by atoms with Gasteiger partial charge >= 0.3 is 6.03 Å². The molecule has 146 valence electrons. The Hall–Kier alpha value is 0.400. The zero-order chi connectivity index (χ0) is 18.7. The Bertz CT molecular complexity index is 402. The number of nitrogens with zero attached hydrogens (tertiary/aromatic N) is 2. The Morgan fingerprint density at radius 1 is 0.720 bits per heavy atom. The van der Waals surface area contributed by atoms with Crippen LogP contribution in [0.15, 0.2) is 0 Å². The fourth-order valence-electron chi connectivity index (χ4n) is 3.54. The Morgan fingerprint density at radius 2 is 1.12 bits per heavy atom. The first kappa shape index (κ1) is 23.4. The van der Waals surface area contributed by atoms with Gasteiger partial charge in [0.05, 0.1) is 45.7 Å². The molecule has 0 atom stereocenters. The van der Waals surface area contributed by atoms with E-state index in [4.69, 9.17) is 0 Å². The topological polar surface area (TPSA) is 40.6 Å². The SMILES string of the molecule is CCCCCCCCC1(CCCCCCCC)C(=O)N(I)C(=O)N1I. The predicted octanol–water partition coefficient (Wildman–Crippen LogP) is 7.19. The van der Waals surface area contributed by atoms with Crippen molar-refractivity contribution in [3.05, 3.63) is 0 Å². The van der Waals surface area contributed by atoms with Crippen molar-refractivity contribution in [1.82, 2.24) is 6.23 Å². The molecule has 6 heteroatoms. The monoisotopic (exact) mass is 576 g/mol. The van der Waals surface area contributed by atoms with Crippen molar-refractivity contribution in [3.8, 4) is 0 Å². The molecule has 0 aromatic heterocycles. The van der Waals surface area contributed by atoms with Crippen LogP contribution in [0.4, 0.5) is 4.79 Å². The fourth-order valence-corrected chi connectivity index (χ4v) is 5.53. The molecule has 0 radical (unpaired) electrons. The van der Waals surface area contributed by atoms with E-state index in [1.807, 2.05) is 22.9 Å². The summed E-state index contributed by atoms with van der Waals surface area (Å²) in [5, 5.41) is 0. The van der Waals surface area contributed by atoms with Gasteiger partial charge in [-0.2, -0.15) is 3.11 Å². The molecule has 0 bridgehead atoms. The van der Waals surface area contributed by atoms with E-state index < -0.39 is 5.54 Å². The molecule has 1 saturated heterocycles. The number of imide groups is 1. The van der Waals surface area contributed by atoms with Gasteiger partial charge in [-0.25, -0.2) is 7.91 Å². The molecule has 1 rings (SSSR count). The van der Waals surface area contributed by atoms with E-state index in [-0.39, 0.29) is 11.9 Å². The van der Waals surface area contributed by atoms with Gasteiger partial charge in [0.15, 0.2) is 0 Å². The molecule has 0 N–H and O–H groups in total. The van der Waals surface area contributed by atoms with Crippen molar-refractivity contribution in [2.24, 2.45) is 0 Å². The average Bonchev–Trinajstić information content (AvgIpc) is 2.77. The average molecular weight is 576 g/mol. The zero-order valence-electron chi connectivity index (χ0n) is 15.9. The van der Waals surface area contributed by atoms with Crippen molar-refractivity contribution in [2.75, 3.05) is 0 Å².